The molecule has 0 N–H and O–H groups in total. The molecule has 7 rings (SSSR count). The summed E-state index contributed by atoms with van der Waals surface area (Å²) in [6.45, 7) is 12.1. The predicted octanol–water partition coefficient (Wildman–Crippen LogP) is 11.6. The number of thiophene rings is 1. The Hall–Kier alpha value is -4.21. The fourth-order valence-electron chi connectivity index (χ4n) is 6.10. The molecule has 5 aromatic carbocycles. The van der Waals surface area contributed by atoms with Crippen LogP contribution in [-0.2, 0) is 0 Å². The summed E-state index contributed by atoms with van der Waals surface area (Å²) in [5, 5.41) is 2.50. The minimum absolute atomic E-state index is 0.834. The van der Waals surface area contributed by atoms with Crippen LogP contribution in [0.15, 0.2) is 97.1 Å². The van der Waals surface area contributed by atoms with Gasteiger partial charge in [0.05, 0.1) is 16.7 Å². The highest BCUT2D eigenvalue weighted by Gasteiger charge is 2.25. The SMILES string of the molecule is [2H]C(C)(C)c1cc(-c2ccccc2)cc(C([2H])(C)C)c1-n1c(-c2cccc3c2sc2cc(C)c(C)cc23)nc2ccccc21. The molecule has 2 aromatic heterocycles. The monoisotopic (exact) mass is 566 g/mol. The van der Waals surface area contributed by atoms with Gasteiger partial charge in [-0.15, -0.1) is 11.3 Å². The largest absolute Gasteiger partial charge is 0.292 e. The van der Waals surface area contributed by atoms with Gasteiger partial charge in [0.1, 0.15) is 5.82 Å². The molecule has 0 atom stereocenters. The predicted molar refractivity (Wildman–Crippen MR) is 182 cm³/mol. The molecule has 0 aliphatic heterocycles. The first-order valence-electron chi connectivity index (χ1n) is 15.6. The van der Waals surface area contributed by atoms with Crippen molar-refractivity contribution in [1.29, 1.82) is 0 Å². The number of fused-ring (bicyclic) bond motifs is 4. The lowest BCUT2D eigenvalue weighted by molar-refractivity contribution is 0.812. The Kier molecular flexibility index (Phi) is 5.96. The van der Waals surface area contributed by atoms with E-state index in [1.54, 1.807) is 0 Å². The molecule has 0 radical (unpaired) electrons. The summed E-state index contributed by atoms with van der Waals surface area (Å²) >= 11 is 1.81. The molecule has 0 unspecified atom stereocenters. The van der Waals surface area contributed by atoms with Gasteiger partial charge in [-0.05, 0) is 101 Å². The maximum absolute atomic E-state index is 9.41. The Bertz CT molecular complexity index is 2170. The van der Waals surface area contributed by atoms with Crippen molar-refractivity contribution in [3.05, 3.63) is 119 Å². The summed E-state index contributed by atoms with van der Waals surface area (Å²) in [7, 11) is 0. The highest BCUT2D eigenvalue weighted by Crippen LogP contribution is 2.44. The summed E-state index contributed by atoms with van der Waals surface area (Å²) in [6, 6.07) is 33.9. The molecule has 0 aliphatic rings. The van der Waals surface area contributed by atoms with E-state index < -0.39 is 11.8 Å². The van der Waals surface area contributed by atoms with Crippen molar-refractivity contribution in [1.82, 2.24) is 9.55 Å². The van der Waals surface area contributed by atoms with Crippen LogP contribution in [0.3, 0.4) is 0 Å². The fourth-order valence-corrected chi connectivity index (χ4v) is 7.39. The van der Waals surface area contributed by atoms with Gasteiger partial charge in [-0.1, -0.05) is 82.3 Å². The molecular weight excluding hydrogens is 529 g/mol. The topological polar surface area (TPSA) is 17.8 Å². The molecule has 2 nitrogen and oxygen atoms in total. The summed E-state index contributed by atoms with van der Waals surface area (Å²) in [5.41, 5.74) is 10.2. The Labute approximate surface area is 255 Å². The highest BCUT2D eigenvalue weighted by atomic mass is 32.1. The van der Waals surface area contributed by atoms with Crippen LogP contribution in [0, 0.1) is 13.8 Å². The smallest absolute Gasteiger partial charge is 0.147 e. The fraction of sp³-hybridized carbons (Fsp3) is 0.205. The van der Waals surface area contributed by atoms with Gasteiger partial charge in [0.2, 0.25) is 0 Å². The molecule has 0 aliphatic carbocycles. The third-order valence-electron chi connectivity index (χ3n) is 8.43. The normalized spacial score (nSPS) is 13.2. The van der Waals surface area contributed by atoms with Gasteiger partial charge < -0.3 is 0 Å². The van der Waals surface area contributed by atoms with Crippen LogP contribution >= 0.6 is 11.3 Å². The number of imidazole rings is 1. The maximum atomic E-state index is 9.41. The van der Waals surface area contributed by atoms with Crippen LogP contribution in [0.5, 0.6) is 0 Å². The molecule has 7 aromatic rings. The Morgan fingerprint density at radius 2 is 1.36 bits per heavy atom. The average Bonchev–Trinajstić information content (AvgIpc) is 3.54. The minimum Gasteiger partial charge on any atom is -0.292 e. The standard InChI is InChI=1S/C39H36N2S/c1-23(2)31-21-28(27-13-8-7-9-14-27)22-32(24(3)4)37(31)41-35-18-11-10-17-34(35)40-39(41)30-16-12-15-29-33-19-25(5)26(6)20-36(33)42-38(29)30/h7-24H,1-6H3/i23D,24D. The molecule has 3 heteroatoms. The number of benzene rings is 5. The molecular formula is C39H36N2S. The van der Waals surface area contributed by atoms with Crippen LogP contribution < -0.4 is 0 Å². The molecule has 0 saturated heterocycles. The van der Waals surface area contributed by atoms with Crippen LogP contribution in [0.2, 0.25) is 0 Å². The molecule has 0 amide bonds. The average molecular weight is 567 g/mol. The van der Waals surface area contributed by atoms with Crippen molar-refractivity contribution in [2.75, 3.05) is 0 Å². The zero-order valence-electron chi connectivity index (χ0n) is 27.0. The van der Waals surface area contributed by atoms with Crippen LogP contribution in [-0.4, -0.2) is 9.55 Å². The van der Waals surface area contributed by atoms with Crippen molar-refractivity contribution in [2.24, 2.45) is 0 Å². The van der Waals surface area contributed by atoms with Crippen molar-refractivity contribution >= 4 is 42.5 Å². The van der Waals surface area contributed by atoms with Gasteiger partial charge in [-0.3, -0.25) is 4.57 Å². The van der Waals surface area contributed by atoms with E-state index in [0.717, 1.165) is 50.4 Å². The van der Waals surface area contributed by atoms with E-state index in [1.165, 1.54) is 31.3 Å². The third kappa shape index (κ3) is 4.26. The minimum atomic E-state index is -0.943. The quantitative estimate of drug-likeness (QED) is 0.203. The molecule has 0 fully saturated rings. The molecule has 2 heterocycles. The Balaban J connectivity index is 1.63. The Morgan fingerprint density at radius 3 is 2.07 bits per heavy atom. The number of hydrogen-bond donors (Lipinski definition) is 0. The number of aromatic nitrogens is 2. The van der Waals surface area contributed by atoms with E-state index in [4.69, 9.17) is 4.98 Å². The van der Waals surface area contributed by atoms with Gasteiger partial charge >= 0.3 is 0 Å². The molecule has 0 spiro atoms. The highest BCUT2D eigenvalue weighted by molar-refractivity contribution is 7.26. The first kappa shape index (κ1) is 24.4. The lowest BCUT2D eigenvalue weighted by atomic mass is 9.88. The zero-order chi connectivity index (χ0) is 31.0. The number of rotatable bonds is 5. The van der Waals surface area contributed by atoms with E-state index in [-0.39, 0.29) is 0 Å². The maximum Gasteiger partial charge on any atom is 0.147 e. The number of hydrogen-bond acceptors (Lipinski definition) is 2. The summed E-state index contributed by atoms with van der Waals surface area (Å²) in [5.74, 6) is -1.05. The van der Waals surface area contributed by atoms with Gasteiger partial charge in [0, 0.05) is 28.5 Å². The summed E-state index contributed by atoms with van der Waals surface area (Å²) < 4.78 is 23.5. The summed E-state index contributed by atoms with van der Waals surface area (Å²) in [4.78, 5) is 5.29. The van der Waals surface area contributed by atoms with Crippen LogP contribution in [0.25, 0.3) is 59.4 Å². The lowest BCUT2D eigenvalue weighted by Gasteiger charge is -2.24. The number of nitrogens with zero attached hydrogens (tertiary/aromatic N) is 2. The summed E-state index contributed by atoms with van der Waals surface area (Å²) in [6.07, 6.45) is 0. The van der Waals surface area contributed by atoms with Crippen molar-refractivity contribution in [2.45, 2.75) is 53.3 Å². The van der Waals surface area contributed by atoms with E-state index in [2.05, 4.69) is 85.1 Å². The Morgan fingerprint density at radius 1 is 0.690 bits per heavy atom. The second kappa shape index (κ2) is 10.3. The van der Waals surface area contributed by atoms with E-state index >= 15 is 0 Å². The first-order valence-corrected chi connectivity index (χ1v) is 15.4. The van der Waals surface area contributed by atoms with Crippen molar-refractivity contribution in [3.63, 3.8) is 0 Å². The third-order valence-corrected chi connectivity index (χ3v) is 9.63. The molecule has 0 bridgehead atoms. The van der Waals surface area contributed by atoms with Crippen LogP contribution in [0.1, 0.15) is 64.5 Å². The second-order valence-corrected chi connectivity index (χ2v) is 12.8. The van der Waals surface area contributed by atoms with Crippen LogP contribution in [0.4, 0.5) is 0 Å². The second-order valence-electron chi connectivity index (χ2n) is 11.8. The lowest BCUT2D eigenvalue weighted by Crippen LogP contribution is -2.09. The first-order chi connectivity index (χ1) is 20.9. The van der Waals surface area contributed by atoms with E-state index in [1.807, 2.05) is 69.4 Å². The van der Waals surface area contributed by atoms with Crippen molar-refractivity contribution < 1.29 is 2.74 Å². The van der Waals surface area contributed by atoms with E-state index in [0.29, 0.717) is 0 Å². The number of para-hydroxylation sites is 2. The molecule has 208 valence electrons. The van der Waals surface area contributed by atoms with E-state index in [9.17, 15) is 2.74 Å². The van der Waals surface area contributed by atoms with Gasteiger partial charge in [0.25, 0.3) is 0 Å². The number of aryl methyl sites for hydroxylation is 2. The van der Waals surface area contributed by atoms with Gasteiger partial charge in [-0.2, -0.15) is 0 Å². The van der Waals surface area contributed by atoms with Gasteiger partial charge in [0.15, 0.2) is 0 Å². The van der Waals surface area contributed by atoms with Crippen molar-refractivity contribution in [3.8, 4) is 28.2 Å². The van der Waals surface area contributed by atoms with Gasteiger partial charge in [-0.25, -0.2) is 4.98 Å². The zero-order valence-corrected chi connectivity index (χ0v) is 25.9. The molecule has 0 saturated carbocycles. The molecule has 42 heavy (non-hydrogen) atoms.